The van der Waals surface area contributed by atoms with Gasteiger partial charge in [-0.1, -0.05) is 11.6 Å². The minimum Gasteiger partial charge on any atom is -0.486 e. The summed E-state index contributed by atoms with van der Waals surface area (Å²) in [6.07, 6.45) is 1.52. The van der Waals surface area contributed by atoms with Crippen LogP contribution in [0.3, 0.4) is 0 Å². The van der Waals surface area contributed by atoms with Gasteiger partial charge in [0.1, 0.15) is 24.8 Å². The Balaban J connectivity index is 1.49. The maximum atomic E-state index is 13.2. The Bertz CT molecular complexity index is 1040. The molecule has 4 rings (SSSR count). The second-order valence-electron chi connectivity index (χ2n) is 6.00. The van der Waals surface area contributed by atoms with Crippen molar-refractivity contribution >= 4 is 34.7 Å². The number of benzene rings is 2. The highest BCUT2D eigenvalue weighted by molar-refractivity contribution is 6.31. The van der Waals surface area contributed by atoms with Gasteiger partial charge in [0.15, 0.2) is 11.5 Å². The number of amides is 1. The Morgan fingerprint density at radius 2 is 1.79 bits per heavy atom. The van der Waals surface area contributed by atoms with E-state index in [1.54, 1.807) is 12.1 Å². The minimum absolute atomic E-state index is 0.0616. The number of halogens is 2. The lowest BCUT2D eigenvalue weighted by Crippen LogP contribution is -2.15. The average molecular weight is 400 g/mol. The number of hydrogen-bond donors (Lipinski definition) is 2. The van der Waals surface area contributed by atoms with Gasteiger partial charge >= 0.3 is 0 Å². The summed E-state index contributed by atoms with van der Waals surface area (Å²) in [6.45, 7) is 1.02. The number of ether oxygens (including phenoxy) is 2. The van der Waals surface area contributed by atoms with Gasteiger partial charge in [0.2, 0.25) is 0 Å². The van der Waals surface area contributed by atoms with Gasteiger partial charge in [-0.3, -0.25) is 4.79 Å². The maximum absolute atomic E-state index is 13.2. The van der Waals surface area contributed by atoms with Gasteiger partial charge in [-0.25, -0.2) is 9.37 Å². The van der Waals surface area contributed by atoms with E-state index in [-0.39, 0.29) is 10.9 Å². The number of aromatic nitrogens is 1. The molecule has 0 saturated carbocycles. The van der Waals surface area contributed by atoms with E-state index in [1.807, 2.05) is 18.2 Å². The normalized spacial score (nSPS) is 12.4. The molecule has 1 aliphatic heterocycles. The Morgan fingerprint density at radius 3 is 2.61 bits per heavy atom. The molecule has 0 spiro atoms. The van der Waals surface area contributed by atoms with Crippen molar-refractivity contribution in [2.24, 2.45) is 0 Å². The quantitative estimate of drug-likeness (QED) is 0.668. The first-order valence-electron chi connectivity index (χ1n) is 8.47. The second-order valence-corrected chi connectivity index (χ2v) is 6.40. The van der Waals surface area contributed by atoms with Crippen molar-refractivity contribution in [1.29, 1.82) is 0 Å². The number of carbonyl (C=O) groups is 1. The summed E-state index contributed by atoms with van der Waals surface area (Å²) < 4.78 is 24.3. The molecular weight excluding hydrogens is 385 g/mol. The number of carbonyl (C=O) groups excluding carboxylic acids is 1. The van der Waals surface area contributed by atoms with Crippen molar-refractivity contribution < 1.29 is 18.7 Å². The van der Waals surface area contributed by atoms with Crippen molar-refractivity contribution in [2.45, 2.75) is 0 Å². The number of anilines is 3. The van der Waals surface area contributed by atoms with Crippen LogP contribution < -0.4 is 20.1 Å². The molecule has 2 heterocycles. The van der Waals surface area contributed by atoms with E-state index < -0.39 is 5.82 Å². The SMILES string of the molecule is O=C(Nc1ccc(F)c(Cl)c1)c1ccnc(Nc2ccc3c(c2)OCCO3)c1. The zero-order valence-electron chi connectivity index (χ0n) is 14.5. The van der Waals surface area contributed by atoms with E-state index in [1.165, 1.54) is 24.4 Å². The molecule has 6 nitrogen and oxygen atoms in total. The number of pyridine rings is 1. The standard InChI is InChI=1S/C20H15ClFN3O3/c21-15-10-13(1-3-16(15)22)25-20(26)12-5-6-23-19(9-12)24-14-2-4-17-18(11-14)28-8-7-27-17/h1-6,9-11H,7-8H2,(H,23,24)(H,25,26). The molecule has 3 aromatic rings. The maximum Gasteiger partial charge on any atom is 0.255 e. The van der Waals surface area contributed by atoms with Gasteiger partial charge in [0.05, 0.1) is 5.02 Å². The summed E-state index contributed by atoms with van der Waals surface area (Å²) in [5.41, 5.74) is 1.53. The molecular formula is C20H15ClFN3O3. The molecule has 0 fully saturated rings. The van der Waals surface area contributed by atoms with Crippen LogP contribution in [0.25, 0.3) is 0 Å². The van der Waals surface area contributed by atoms with Crippen LogP contribution in [0.1, 0.15) is 10.4 Å². The van der Waals surface area contributed by atoms with E-state index in [0.29, 0.717) is 41.8 Å². The lowest BCUT2D eigenvalue weighted by molar-refractivity contribution is 0.102. The van der Waals surface area contributed by atoms with Crippen molar-refractivity contribution in [1.82, 2.24) is 4.98 Å². The number of hydrogen-bond acceptors (Lipinski definition) is 5. The zero-order chi connectivity index (χ0) is 19.5. The first-order chi connectivity index (χ1) is 13.6. The van der Waals surface area contributed by atoms with Gasteiger partial charge in [0.25, 0.3) is 5.91 Å². The van der Waals surface area contributed by atoms with Crippen LogP contribution in [-0.4, -0.2) is 24.1 Å². The summed E-state index contributed by atoms with van der Waals surface area (Å²) in [6, 6.07) is 12.6. The number of nitrogens with zero attached hydrogens (tertiary/aromatic N) is 1. The van der Waals surface area contributed by atoms with E-state index in [4.69, 9.17) is 21.1 Å². The highest BCUT2D eigenvalue weighted by atomic mass is 35.5. The van der Waals surface area contributed by atoms with Crippen LogP contribution in [0, 0.1) is 5.82 Å². The molecule has 0 unspecified atom stereocenters. The molecule has 0 bridgehead atoms. The Hall–Kier alpha value is -3.32. The van der Waals surface area contributed by atoms with Gasteiger partial charge in [-0.2, -0.15) is 0 Å². The lowest BCUT2D eigenvalue weighted by atomic mass is 10.2. The largest absolute Gasteiger partial charge is 0.486 e. The van der Waals surface area contributed by atoms with Crippen LogP contribution in [0.2, 0.25) is 5.02 Å². The number of fused-ring (bicyclic) bond motifs is 1. The van der Waals surface area contributed by atoms with Crippen LogP contribution in [0.5, 0.6) is 11.5 Å². The topological polar surface area (TPSA) is 72.5 Å². The van der Waals surface area contributed by atoms with E-state index >= 15 is 0 Å². The average Bonchev–Trinajstić information content (AvgIpc) is 2.71. The van der Waals surface area contributed by atoms with E-state index in [9.17, 15) is 9.18 Å². The Morgan fingerprint density at radius 1 is 1.00 bits per heavy atom. The summed E-state index contributed by atoms with van der Waals surface area (Å²) >= 11 is 5.74. The molecule has 142 valence electrons. The van der Waals surface area contributed by atoms with Crippen LogP contribution in [-0.2, 0) is 0 Å². The van der Waals surface area contributed by atoms with Crippen molar-refractivity contribution in [3.05, 3.63) is 71.1 Å². The molecule has 0 aliphatic carbocycles. The Labute approximate surface area is 165 Å². The summed E-state index contributed by atoms with van der Waals surface area (Å²) in [7, 11) is 0. The smallest absolute Gasteiger partial charge is 0.255 e. The molecule has 1 amide bonds. The third-order valence-corrected chi connectivity index (χ3v) is 4.30. The summed E-state index contributed by atoms with van der Waals surface area (Å²) in [4.78, 5) is 16.7. The molecule has 28 heavy (non-hydrogen) atoms. The van der Waals surface area contributed by atoms with Crippen LogP contribution in [0.15, 0.2) is 54.7 Å². The van der Waals surface area contributed by atoms with Crippen molar-refractivity contribution in [3.8, 4) is 11.5 Å². The first-order valence-corrected chi connectivity index (χ1v) is 8.85. The third kappa shape index (κ3) is 3.99. The Kier molecular flexibility index (Phi) is 4.99. The fourth-order valence-corrected chi connectivity index (χ4v) is 2.87. The number of rotatable bonds is 4. The van der Waals surface area contributed by atoms with E-state index in [0.717, 1.165) is 5.69 Å². The van der Waals surface area contributed by atoms with Gasteiger partial charge in [-0.15, -0.1) is 0 Å². The molecule has 8 heteroatoms. The molecule has 0 atom stereocenters. The number of nitrogens with one attached hydrogen (secondary N) is 2. The predicted molar refractivity (Wildman–Crippen MR) is 104 cm³/mol. The molecule has 2 aromatic carbocycles. The molecule has 1 aliphatic rings. The van der Waals surface area contributed by atoms with Crippen molar-refractivity contribution in [3.63, 3.8) is 0 Å². The third-order valence-electron chi connectivity index (χ3n) is 4.01. The van der Waals surface area contributed by atoms with Crippen molar-refractivity contribution in [2.75, 3.05) is 23.8 Å². The highest BCUT2D eigenvalue weighted by Gasteiger charge is 2.13. The summed E-state index contributed by atoms with van der Waals surface area (Å²) in [5.74, 6) is 0.917. The van der Waals surface area contributed by atoms with Gasteiger partial charge in [0, 0.05) is 29.2 Å². The second kappa shape index (κ2) is 7.74. The lowest BCUT2D eigenvalue weighted by Gasteiger charge is -2.19. The molecule has 1 aromatic heterocycles. The van der Waals surface area contributed by atoms with Gasteiger partial charge < -0.3 is 20.1 Å². The van der Waals surface area contributed by atoms with Gasteiger partial charge in [-0.05, 0) is 42.5 Å². The zero-order valence-corrected chi connectivity index (χ0v) is 15.3. The summed E-state index contributed by atoms with van der Waals surface area (Å²) in [5, 5.41) is 5.75. The molecule has 0 saturated heterocycles. The first kappa shape index (κ1) is 18.1. The van der Waals surface area contributed by atoms with Crippen LogP contribution >= 0.6 is 11.6 Å². The fraction of sp³-hybridized carbons (Fsp3) is 0.100. The predicted octanol–water partition coefficient (Wildman–Crippen LogP) is 4.64. The molecule has 2 N–H and O–H groups in total. The molecule has 0 radical (unpaired) electrons. The monoisotopic (exact) mass is 399 g/mol. The minimum atomic E-state index is -0.547. The van der Waals surface area contributed by atoms with Crippen LogP contribution in [0.4, 0.5) is 21.6 Å². The van der Waals surface area contributed by atoms with E-state index in [2.05, 4.69) is 15.6 Å². The highest BCUT2D eigenvalue weighted by Crippen LogP contribution is 2.33. The fourth-order valence-electron chi connectivity index (χ4n) is 2.69.